The highest BCUT2D eigenvalue weighted by molar-refractivity contribution is 5.50. The molecule has 0 aliphatic heterocycles. The number of hydrogen-bond donors (Lipinski definition) is 3. The van der Waals surface area contributed by atoms with E-state index in [9.17, 15) is 5.11 Å². The van der Waals surface area contributed by atoms with Gasteiger partial charge in [-0.2, -0.15) is 4.98 Å². The van der Waals surface area contributed by atoms with Gasteiger partial charge in [0, 0.05) is 0 Å². The van der Waals surface area contributed by atoms with Crippen molar-refractivity contribution in [3.8, 4) is 5.75 Å². The Morgan fingerprint density at radius 3 is 2.55 bits per heavy atom. The highest BCUT2D eigenvalue weighted by atomic mass is 16.3. The molecule has 1 rings (SSSR count). The van der Waals surface area contributed by atoms with Crippen LogP contribution in [-0.2, 0) is 6.42 Å². The smallest absolute Gasteiger partial charge is 0.222 e. The van der Waals surface area contributed by atoms with Crippen LogP contribution in [-0.4, -0.2) is 15.1 Å². The summed E-state index contributed by atoms with van der Waals surface area (Å²) in [4.78, 5) is 7.36. The number of aromatic nitrogens is 2. The van der Waals surface area contributed by atoms with Crippen LogP contribution in [0.15, 0.2) is 0 Å². The molecule has 0 aliphatic carbocycles. The van der Waals surface area contributed by atoms with E-state index in [1.54, 1.807) is 0 Å². The Labute approximate surface area is 64.1 Å². The fourth-order valence-electron chi connectivity index (χ4n) is 0.787. The van der Waals surface area contributed by atoms with Gasteiger partial charge in [0.25, 0.3) is 0 Å². The molecule has 0 aliphatic rings. The van der Waals surface area contributed by atoms with Crippen molar-refractivity contribution in [2.45, 2.75) is 13.3 Å². The molecular formula is C6H10N4O. The number of anilines is 2. The Balaban J connectivity index is 3.24. The minimum Gasteiger partial charge on any atom is -0.503 e. The lowest BCUT2D eigenvalue weighted by Crippen LogP contribution is -2.03. The number of hydrogen-bond acceptors (Lipinski definition) is 5. The monoisotopic (exact) mass is 154 g/mol. The molecule has 5 heteroatoms. The standard InChI is InChI=1S/C6H10N4O/c1-2-3-4(11)5(7)10-6(8)9-3/h11H,2H2,1H3,(H4,7,8,9,10). The van der Waals surface area contributed by atoms with Crippen LogP contribution in [0.1, 0.15) is 12.6 Å². The second-order valence-corrected chi connectivity index (χ2v) is 2.12. The lowest BCUT2D eigenvalue weighted by atomic mass is 10.3. The summed E-state index contributed by atoms with van der Waals surface area (Å²) in [6.45, 7) is 1.85. The molecule has 1 heterocycles. The first kappa shape index (κ1) is 7.59. The van der Waals surface area contributed by atoms with Crippen molar-refractivity contribution >= 4 is 11.8 Å². The molecule has 0 atom stereocenters. The van der Waals surface area contributed by atoms with Crippen molar-refractivity contribution in [3.63, 3.8) is 0 Å². The topological polar surface area (TPSA) is 98.0 Å². The van der Waals surface area contributed by atoms with E-state index in [-0.39, 0.29) is 17.5 Å². The van der Waals surface area contributed by atoms with E-state index in [2.05, 4.69) is 9.97 Å². The van der Waals surface area contributed by atoms with E-state index in [4.69, 9.17) is 11.5 Å². The van der Waals surface area contributed by atoms with Crippen molar-refractivity contribution in [3.05, 3.63) is 5.69 Å². The quantitative estimate of drug-likeness (QED) is 0.525. The highest BCUT2D eigenvalue weighted by Gasteiger charge is 2.06. The first-order chi connectivity index (χ1) is 5.15. The van der Waals surface area contributed by atoms with Gasteiger partial charge in [0.1, 0.15) is 0 Å². The highest BCUT2D eigenvalue weighted by Crippen LogP contribution is 2.21. The van der Waals surface area contributed by atoms with Crippen LogP contribution in [0.25, 0.3) is 0 Å². The van der Waals surface area contributed by atoms with Crippen molar-refractivity contribution in [1.29, 1.82) is 0 Å². The van der Waals surface area contributed by atoms with E-state index in [0.717, 1.165) is 0 Å². The molecule has 5 nitrogen and oxygen atoms in total. The van der Waals surface area contributed by atoms with Gasteiger partial charge >= 0.3 is 0 Å². The first-order valence-corrected chi connectivity index (χ1v) is 3.26. The van der Waals surface area contributed by atoms with Crippen molar-refractivity contribution < 1.29 is 5.11 Å². The summed E-state index contributed by atoms with van der Waals surface area (Å²) in [7, 11) is 0. The molecule has 0 radical (unpaired) electrons. The predicted octanol–water partition coefficient (Wildman–Crippen LogP) is -0.0910. The lowest BCUT2D eigenvalue weighted by molar-refractivity contribution is 0.465. The number of aromatic hydroxyl groups is 1. The molecule has 0 spiro atoms. The van der Waals surface area contributed by atoms with Crippen LogP contribution in [0.5, 0.6) is 5.75 Å². The van der Waals surface area contributed by atoms with E-state index >= 15 is 0 Å². The predicted molar refractivity (Wildman–Crippen MR) is 41.9 cm³/mol. The molecule has 0 unspecified atom stereocenters. The molecule has 1 aromatic rings. The van der Waals surface area contributed by atoms with Crippen LogP contribution >= 0.6 is 0 Å². The van der Waals surface area contributed by atoms with Gasteiger partial charge < -0.3 is 16.6 Å². The summed E-state index contributed by atoms with van der Waals surface area (Å²) in [5, 5.41) is 9.22. The average Bonchev–Trinajstić information content (AvgIpc) is 1.96. The normalized spacial score (nSPS) is 9.91. The Kier molecular flexibility index (Phi) is 1.80. The number of rotatable bonds is 1. The van der Waals surface area contributed by atoms with Gasteiger partial charge in [-0.3, -0.25) is 0 Å². The fourth-order valence-corrected chi connectivity index (χ4v) is 0.787. The van der Waals surface area contributed by atoms with Crippen LogP contribution < -0.4 is 11.5 Å². The fraction of sp³-hybridized carbons (Fsp3) is 0.333. The number of nitrogens with zero attached hydrogens (tertiary/aromatic N) is 2. The molecular weight excluding hydrogens is 144 g/mol. The van der Waals surface area contributed by atoms with E-state index in [1.165, 1.54) is 0 Å². The Morgan fingerprint density at radius 2 is 2.00 bits per heavy atom. The largest absolute Gasteiger partial charge is 0.503 e. The molecule has 0 fully saturated rings. The molecule has 0 amide bonds. The summed E-state index contributed by atoms with van der Waals surface area (Å²) in [5.41, 5.74) is 11.1. The van der Waals surface area contributed by atoms with Gasteiger partial charge in [-0.15, -0.1) is 0 Å². The summed E-state index contributed by atoms with van der Waals surface area (Å²) in [5.74, 6) is 0.0631. The van der Waals surface area contributed by atoms with Gasteiger partial charge in [0.2, 0.25) is 5.95 Å². The van der Waals surface area contributed by atoms with Crippen LogP contribution in [0.4, 0.5) is 11.8 Å². The molecule has 0 aromatic carbocycles. The van der Waals surface area contributed by atoms with Gasteiger partial charge in [-0.05, 0) is 6.42 Å². The Morgan fingerprint density at radius 1 is 1.36 bits per heavy atom. The van der Waals surface area contributed by atoms with Gasteiger partial charge in [-0.1, -0.05) is 6.92 Å². The third-order valence-corrected chi connectivity index (χ3v) is 1.34. The maximum Gasteiger partial charge on any atom is 0.222 e. The summed E-state index contributed by atoms with van der Waals surface area (Å²) < 4.78 is 0. The van der Waals surface area contributed by atoms with Crippen LogP contribution in [0.2, 0.25) is 0 Å². The summed E-state index contributed by atoms with van der Waals surface area (Å²) >= 11 is 0. The summed E-state index contributed by atoms with van der Waals surface area (Å²) in [6.07, 6.45) is 0.586. The number of nitrogens with two attached hydrogens (primary N) is 2. The van der Waals surface area contributed by atoms with E-state index in [1.807, 2.05) is 6.92 Å². The van der Waals surface area contributed by atoms with Crippen LogP contribution in [0, 0.1) is 0 Å². The maximum absolute atomic E-state index is 9.22. The minimum atomic E-state index is -0.0679. The molecule has 5 N–H and O–H groups in total. The molecule has 0 saturated heterocycles. The zero-order chi connectivity index (χ0) is 8.43. The molecule has 1 aromatic heterocycles. The second kappa shape index (κ2) is 2.61. The zero-order valence-corrected chi connectivity index (χ0v) is 6.20. The molecule has 60 valence electrons. The van der Waals surface area contributed by atoms with E-state index < -0.39 is 0 Å². The first-order valence-electron chi connectivity index (χ1n) is 3.26. The van der Waals surface area contributed by atoms with E-state index in [0.29, 0.717) is 12.1 Å². The van der Waals surface area contributed by atoms with Gasteiger partial charge in [0.15, 0.2) is 11.6 Å². The van der Waals surface area contributed by atoms with Gasteiger partial charge in [0.05, 0.1) is 5.69 Å². The van der Waals surface area contributed by atoms with Gasteiger partial charge in [-0.25, -0.2) is 4.98 Å². The van der Waals surface area contributed by atoms with Crippen LogP contribution in [0.3, 0.4) is 0 Å². The second-order valence-electron chi connectivity index (χ2n) is 2.12. The SMILES string of the molecule is CCc1nc(N)nc(N)c1O. The third kappa shape index (κ3) is 1.31. The van der Waals surface area contributed by atoms with Crippen molar-refractivity contribution in [1.82, 2.24) is 9.97 Å². The van der Waals surface area contributed by atoms with Crippen molar-refractivity contribution in [2.75, 3.05) is 11.5 Å². The average molecular weight is 154 g/mol. The molecule has 11 heavy (non-hydrogen) atoms. The zero-order valence-electron chi connectivity index (χ0n) is 6.20. The molecule has 0 bridgehead atoms. The third-order valence-electron chi connectivity index (χ3n) is 1.34. The number of nitrogen functional groups attached to an aromatic ring is 2. The van der Waals surface area contributed by atoms with Crippen molar-refractivity contribution in [2.24, 2.45) is 0 Å². The Bertz CT molecular complexity index is 274. The minimum absolute atomic E-state index is 0.0364. The maximum atomic E-state index is 9.22. The summed E-state index contributed by atoms with van der Waals surface area (Å²) in [6, 6.07) is 0. The Hall–Kier alpha value is -1.52. The number of aryl methyl sites for hydroxylation is 1. The lowest BCUT2D eigenvalue weighted by Gasteiger charge is -2.03. The molecule has 0 saturated carbocycles.